The summed E-state index contributed by atoms with van der Waals surface area (Å²) < 4.78 is 0. The normalized spacial score (nSPS) is 10.8. The number of hydrogen-bond acceptors (Lipinski definition) is 1. The van der Waals surface area contributed by atoms with Gasteiger partial charge in [0, 0.05) is 29.3 Å². The Hall–Kier alpha value is -2.75. The van der Waals surface area contributed by atoms with Gasteiger partial charge < -0.3 is 15.6 Å². The van der Waals surface area contributed by atoms with E-state index in [9.17, 15) is 4.79 Å². The zero-order valence-electron chi connectivity index (χ0n) is 14.1. The molecule has 1 aromatic heterocycles. The Morgan fingerprint density at radius 2 is 1.92 bits per heavy atom. The molecule has 0 radical (unpaired) electrons. The Kier molecular flexibility index (Phi) is 4.85. The molecule has 1 heterocycles. The molecule has 0 saturated carbocycles. The van der Waals surface area contributed by atoms with Crippen molar-refractivity contribution in [2.45, 2.75) is 26.7 Å². The number of fused-ring (bicyclic) bond motifs is 1. The largest absolute Gasteiger partial charge is 0.361 e. The predicted molar refractivity (Wildman–Crippen MR) is 99.6 cm³/mol. The highest BCUT2D eigenvalue weighted by Gasteiger charge is 2.08. The zero-order valence-corrected chi connectivity index (χ0v) is 14.1. The maximum absolute atomic E-state index is 12.2. The van der Waals surface area contributed by atoms with Crippen molar-refractivity contribution in [3.8, 4) is 0 Å². The molecule has 0 fully saturated rings. The molecule has 0 aliphatic heterocycles. The molecule has 0 saturated heterocycles. The van der Waals surface area contributed by atoms with Crippen molar-refractivity contribution < 1.29 is 4.79 Å². The number of benzene rings is 2. The smallest absolute Gasteiger partial charge is 0.319 e. The summed E-state index contributed by atoms with van der Waals surface area (Å²) in [4.78, 5) is 15.5. The molecule has 3 aromatic rings. The van der Waals surface area contributed by atoms with E-state index < -0.39 is 0 Å². The molecule has 0 spiro atoms. The van der Waals surface area contributed by atoms with Crippen molar-refractivity contribution >= 4 is 22.6 Å². The third-order valence-corrected chi connectivity index (χ3v) is 4.33. The number of amides is 2. The van der Waals surface area contributed by atoms with Crippen LogP contribution < -0.4 is 10.6 Å². The minimum Gasteiger partial charge on any atom is -0.361 e. The SMILES string of the molecule is CCc1cccc(C)c1NC(=O)NCCc1c[nH]c2ccccc12. The van der Waals surface area contributed by atoms with E-state index in [0.29, 0.717) is 6.54 Å². The molecule has 0 aliphatic rings. The number of carbonyl (C=O) groups excluding carboxylic acids is 1. The fourth-order valence-corrected chi connectivity index (χ4v) is 3.01. The van der Waals surface area contributed by atoms with Crippen LogP contribution in [0.5, 0.6) is 0 Å². The van der Waals surface area contributed by atoms with Crippen molar-refractivity contribution in [1.82, 2.24) is 10.3 Å². The molecule has 0 unspecified atom stereocenters. The number of urea groups is 1. The average molecular weight is 321 g/mol. The fourth-order valence-electron chi connectivity index (χ4n) is 3.01. The fraction of sp³-hybridized carbons (Fsp3) is 0.250. The van der Waals surface area contributed by atoms with Crippen LogP contribution >= 0.6 is 0 Å². The number of aromatic amines is 1. The van der Waals surface area contributed by atoms with Crippen LogP contribution in [0, 0.1) is 6.92 Å². The number of nitrogens with one attached hydrogen (secondary N) is 3. The first kappa shape index (κ1) is 16.1. The predicted octanol–water partition coefficient (Wildman–Crippen LogP) is 4.40. The van der Waals surface area contributed by atoms with Gasteiger partial charge in [-0.1, -0.05) is 43.3 Å². The summed E-state index contributed by atoms with van der Waals surface area (Å²) in [6.07, 6.45) is 3.71. The second kappa shape index (κ2) is 7.21. The number of rotatable bonds is 5. The molecule has 24 heavy (non-hydrogen) atoms. The molecule has 2 aromatic carbocycles. The summed E-state index contributed by atoms with van der Waals surface area (Å²) >= 11 is 0. The first-order valence-corrected chi connectivity index (χ1v) is 8.37. The third kappa shape index (κ3) is 3.43. The monoisotopic (exact) mass is 321 g/mol. The van der Waals surface area contributed by atoms with Gasteiger partial charge in [0.1, 0.15) is 0 Å². The van der Waals surface area contributed by atoms with E-state index in [1.807, 2.05) is 37.4 Å². The maximum Gasteiger partial charge on any atom is 0.319 e. The van der Waals surface area contributed by atoms with E-state index >= 15 is 0 Å². The molecule has 0 bridgehead atoms. The van der Waals surface area contributed by atoms with Crippen LogP contribution in [0.2, 0.25) is 0 Å². The Balaban J connectivity index is 1.59. The summed E-state index contributed by atoms with van der Waals surface area (Å²) in [6, 6.07) is 14.1. The number of aromatic nitrogens is 1. The molecule has 124 valence electrons. The zero-order chi connectivity index (χ0) is 16.9. The van der Waals surface area contributed by atoms with Gasteiger partial charge in [-0.25, -0.2) is 4.79 Å². The summed E-state index contributed by atoms with van der Waals surface area (Å²) in [5.74, 6) is 0. The van der Waals surface area contributed by atoms with Crippen LogP contribution in [0.15, 0.2) is 48.7 Å². The molecule has 0 aliphatic carbocycles. The van der Waals surface area contributed by atoms with Crippen LogP contribution in [-0.2, 0) is 12.8 Å². The number of anilines is 1. The highest BCUT2D eigenvalue weighted by Crippen LogP contribution is 2.21. The minimum atomic E-state index is -0.154. The van der Waals surface area contributed by atoms with Crippen LogP contribution in [-0.4, -0.2) is 17.6 Å². The van der Waals surface area contributed by atoms with Crippen LogP contribution in [0.1, 0.15) is 23.6 Å². The number of H-pyrrole nitrogens is 1. The second-order valence-electron chi connectivity index (χ2n) is 5.95. The summed E-state index contributed by atoms with van der Waals surface area (Å²) in [7, 11) is 0. The van der Waals surface area contributed by atoms with Gasteiger partial charge in [0.15, 0.2) is 0 Å². The van der Waals surface area contributed by atoms with E-state index in [2.05, 4.69) is 40.7 Å². The van der Waals surface area contributed by atoms with Crippen LogP contribution in [0.3, 0.4) is 0 Å². The van der Waals surface area contributed by atoms with Gasteiger partial charge in [0.05, 0.1) is 0 Å². The Morgan fingerprint density at radius 1 is 1.08 bits per heavy atom. The van der Waals surface area contributed by atoms with Crippen LogP contribution in [0.4, 0.5) is 10.5 Å². The first-order valence-electron chi connectivity index (χ1n) is 8.37. The highest BCUT2D eigenvalue weighted by atomic mass is 16.2. The van der Waals surface area contributed by atoms with Gasteiger partial charge in [0.25, 0.3) is 0 Å². The first-order chi connectivity index (χ1) is 11.7. The number of para-hydroxylation sites is 2. The lowest BCUT2D eigenvalue weighted by molar-refractivity contribution is 0.252. The number of hydrogen-bond donors (Lipinski definition) is 3. The molecular weight excluding hydrogens is 298 g/mol. The Labute approximate surface area is 142 Å². The van der Waals surface area contributed by atoms with Crippen molar-refractivity contribution in [2.75, 3.05) is 11.9 Å². The molecule has 3 rings (SSSR count). The van der Waals surface area contributed by atoms with E-state index in [1.165, 1.54) is 10.9 Å². The Bertz CT molecular complexity index is 851. The quantitative estimate of drug-likeness (QED) is 0.641. The summed E-state index contributed by atoms with van der Waals surface area (Å²) in [5.41, 5.74) is 5.51. The van der Waals surface area contributed by atoms with Crippen molar-refractivity contribution in [1.29, 1.82) is 0 Å². The highest BCUT2D eigenvalue weighted by molar-refractivity contribution is 5.91. The lowest BCUT2D eigenvalue weighted by Crippen LogP contribution is -2.31. The van der Waals surface area contributed by atoms with E-state index in [0.717, 1.165) is 35.2 Å². The number of carbonyl (C=O) groups is 1. The molecule has 2 amide bonds. The lowest BCUT2D eigenvalue weighted by Gasteiger charge is -2.13. The number of aryl methyl sites for hydroxylation is 2. The van der Waals surface area contributed by atoms with Gasteiger partial charge in [-0.15, -0.1) is 0 Å². The topological polar surface area (TPSA) is 56.9 Å². The maximum atomic E-state index is 12.2. The van der Waals surface area contributed by atoms with Gasteiger partial charge in [-0.2, -0.15) is 0 Å². The molecular formula is C20H23N3O. The average Bonchev–Trinajstić information content (AvgIpc) is 3.00. The van der Waals surface area contributed by atoms with Gasteiger partial charge in [0.2, 0.25) is 0 Å². The second-order valence-corrected chi connectivity index (χ2v) is 5.95. The van der Waals surface area contributed by atoms with E-state index in [4.69, 9.17) is 0 Å². The van der Waals surface area contributed by atoms with Gasteiger partial charge in [-0.3, -0.25) is 0 Å². The van der Waals surface area contributed by atoms with E-state index in [1.54, 1.807) is 0 Å². The standard InChI is InChI=1S/C20H23N3O/c1-3-15-8-6-7-14(2)19(15)23-20(24)21-12-11-16-13-22-18-10-5-4-9-17(16)18/h4-10,13,22H,3,11-12H2,1-2H3,(H2,21,23,24). The van der Waals surface area contributed by atoms with Gasteiger partial charge in [-0.05, 0) is 42.5 Å². The van der Waals surface area contributed by atoms with Crippen molar-refractivity contribution in [3.05, 3.63) is 65.4 Å². The minimum absolute atomic E-state index is 0.154. The molecule has 4 nitrogen and oxygen atoms in total. The molecule has 4 heteroatoms. The molecule has 0 atom stereocenters. The summed E-state index contributed by atoms with van der Waals surface area (Å²) in [6.45, 7) is 4.70. The van der Waals surface area contributed by atoms with Crippen molar-refractivity contribution in [3.63, 3.8) is 0 Å². The molecule has 3 N–H and O–H groups in total. The third-order valence-electron chi connectivity index (χ3n) is 4.33. The summed E-state index contributed by atoms with van der Waals surface area (Å²) in [5, 5.41) is 7.15. The van der Waals surface area contributed by atoms with Crippen molar-refractivity contribution in [2.24, 2.45) is 0 Å². The van der Waals surface area contributed by atoms with Crippen LogP contribution in [0.25, 0.3) is 10.9 Å². The Morgan fingerprint density at radius 3 is 2.75 bits per heavy atom. The van der Waals surface area contributed by atoms with Gasteiger partial charge >= 0.3 is 6.03 Å². The van der Waals surface area contributed by atoms with E-state index in [-0.39, 0.29) is 6.03 Å². The lowest BCUT2D eigenvalue weighted by atomic mass is 10.1.